The zero-order valence-corrected chi connectivity index (χ0v) is 22.6. The van der Waals surface area contributed by atoms with E-state index >= 15 is 0 Å². The third-order valence-electron chi connectivity index (χ3n) is 5.63. The van der Waals surface area contributed by atoms with Crippen molar-refractivity contribution in [2.24, 2.45) is 0 Å². The molecule has 1 aromatic heterocycles. The number of halogens is 2. The van der Waals surface area contributed by atoms with Crippen LogP contribution in [0.15, 0.2) is 60.8 Å². The summed E-state index contributed by atoms with van der Waals surface area (Å²) >= 11 is 13.0. The van der Waals surface area contributed by atoms with Gasteiger partial charge in [-0.05, 0) is 54.5 Å². The Labute approximate surface area is 229 Å². The van der Waals surface area contributed by atoms with Crippen molar-refractivity contribution in [2.75, 3.05) is 19.5 Å². The molecule has 0 aliphatic carbocycles. The minimum absolute atomic E-state index is 0.157. The summed E-state index contributed by atoms with van der Waals surface area (Å²) in [5.74, 6) is -0.192. The molecule has 0 fully saturated rings. The molecule has 0 aliphatic rings. The summed E-state index contributed by atoms with van der Waals surface area (Å²) in [6.45, 7) is 3.22. The van der Waals surface area contributed by atoms with Crippen LogP contribution in [0.1, 0.15) is 18.1 Å². The molecule has 194 valence electrons. The molecule has 4 rings (SSSR count). The lowest BCUT2D eigenvalue weighted by molar-refractivity contribution is -0.132. The fourth-order valence-electron chi connectivity index (χ4n) is 4.03. The normalized spacial score (nSPS) is 11.0. The summed E-state index contributed by atoms with van der Waals surface area (Å²) in [4.78, 5) is 29.0. The number of aryl methyl sites for hydroxylation is 1. The summed E-state index contributed by atoms with van der Waals surface area (Å²) < 4.78 is 15.9. The van der Waals surface area contributed by atoms with E-state index < -0.39 is 11.9 Å². The van der Waals surface area contributed by atoms with Gasteiger partial charge >= 0.3 is 5.97 Å². The Hall–Kier alpha value is -4.07. The first-order valence-electron chi connectivity index (χ1n) is 11.5. The quantitative estimate of drug-likeness (QED) is 0.150. The first kappa shape index (κ1) is 27.0. The Bertz CT molecular complexity index is 1560. The van der Waals surface area contributed by atoms with Gasteiger partial charge in [-0.15, -0.1) is 0 Å². The predicted molar refractivity (Wildman–Crippen MR) is 150 cm³/mol. The number of esters is 1. The van der Waals surface area contributed by atoms with Crippen molar-refractivity contribution >= 4 is 57.7 Å². The number of methoxy groups -OCH3 is 2. The van der Waals surface area contributed by atoms with E-state index in [4.69, 9.17) is 37.4 Å². The van der Waals surface area contributed by atoms with Gasteiger partial charge in [0.1, 0.15) is 0 Å². The van der Waals surface area contributed by atoms with Crippen molar-refractivity contribution in [3.8, 4) is 28.4 Å². The number of hydrogen-bond acceptors (Lipinski definition) is 6. The summed E-state index contributed by atoms with van der Waals surface area (Å²) in [5, 5.41) is 4.70. The van der Waals surface area contributed by atoms with Crippen LogP contribution in [0.3, 0.4) is 0 Å². The highest BCUT2D eigenvalue weighted by Gasteiger charge is 2.18. The smallest absolute Gasteiger partial charge is 0.308 e. The Kier molecular flexibility index (Phi) is 8.20. The second-order valence-electron chi connectivity index (χ2n) is 8.34. The van der Waals surface area contributed by atoms with E-state index in [0.717, 1.165) is 16.5 Å². The van der Waals surface area contributed by atoms with Crippen molar-refractivity contribution < 1.29 is 23.8 Å². The second-order valence-corrected chi connectivity index (χ2v) is 9.15. The van der Waals surface area contributed by atoms with E-state index in [1.807, 2.05) is 37.3 Å². The molecule has 1 N–H and O–H groups in total. The number of rotatable bonds is 7. The number of ether oxygens (including phenoxy) is 3. The highest BCUT2D eigenvalue weighted by Crippen LogP contribution is 2.41. The van der Waals surface area contributed by atoms with Crippen molar-refractivity contribution in [2.45, 2.75) is 13.8 Å². The van der Waals surface area contributed by atoms with Crippen LogP contribution in [0, 0.1) is 6.92 Å². The molecule has 1 heterocycles. The predicted octanol–water partition coefficient (Wildman–Crippen LogP) is 7.11. The molecule has 0 unspecified atom stereocenters. The Balaban J connectivity index is 1.72. The number of nitrogens with one attached hydrogen (secondary N) is 1. The van der Waals surface area contributed by atoms with Crippen LogP contribution in [0.25, 0.3) is 28.1 Å². The number of hydrogen-bond donors (Lipinski definition) is 1. The maximum Gasteiger partial charge on any atom is 0.308 e. The molecule has 4 aromatic rings. The minimum Gasteiger partial charge on any atom is -0.493 e. The zero-order chi connectivity index (χ0) is 27.4. The van der Waals surface area contributed by atoms with Crippen LogP contribution >= 0.6 is 23.2 Å². The number of aromatic nitrogens is 1. The van der Waals surface area contributed by atoms with Crippen molar-refractivity contribution in [1.29, 1.82) is 0 Å². The summed E-state index contributed by atoms with van der Waals surface area (Å²) in [6.07, 6.45) is 4.51. The molecule has 0 atom stereocenters. The van der Waals surface area contributed by atoms with Crippen molar-refractivity contribution in [1.82, 2.24) is 4.98 Å². The molecular weight excluding hydrogens is 527 g/mol. The number of carbonyl (C=O) groups excluding carboxylic acids is 2. The first-order chi connectivity index (χ1) is 18.2. The first-order valence-corrected chi connectivity index (χ1v) is 12.2. The average Bonchev–Trinajstić information content (AvgIpc) is 2.88. The van der Waals surface area contributed by atoms with E-state index in [2.05, 4.69) is 10.3 Å². The van der Waals surface area contributed by atoms with Gasteiger partial charge < -0.3 is 19.5 Å². The van der Waals surface area contributed by atoms with Crippen LogP contribution < -0.4 is 19.5 Å². The summed E-state index contributed by atoms with van der Waals surface area (Å²) in [5.41, 5.74) is 4.06. The highest BCUT2D eigenvalue weighted by atomic mass is 35.5. The average molecular weight is 551 g/mol. The molecule has 3 aromatic carbocycles. The van der Waals surface area contributed by atoms with Crippen LogP contribution in [0.2, 0.25) is 10.0 Å². The largest absolute Gasteiger partial charge is 0.493 e. The molecule has 38 heavy (non-hydrogen) atoms. The van der Waals surface area contributed by atoms with Gasteiger partial charge in [0.05, 0.1) is 36.6 Å². The number of benzene rings is 3. The summed E-state index contributed by atoms with van der Waals surface area (Å²) in [6, 6.07) is 14.4. The number of nitrogens with zero attached hydrogens (tertiary/aromatic N) is 1. The van der Waals surface area contributed by atoms with Crippen LogP contribution in [0.5, 0.6) is 17.2 Å². The molecular formula is C29H24Cl2N2O5. The number of fused-ring (bicyclic) bond motifs is 1. The van der Waals surface area contributed by atoms with Crippen molar-refractivity contribution in [3.63, 3.8) is 0 Å². The van der Waals surface area contributed by atoms with E-state index in [9.17, 15) is 9.59 Å². The lowest BCUT2D eigenvalue weighted by atomic mass is 9.98. The molecule has 0 saturated carbocycles. The monoisotopic (exact) mass is 550 g/mol. The zero-order valence-electron chi connectivity index (χ0n) is 21.1. The molecule has 9 heteroatoms. The molecule has 0 aliphatic heterocycles. The number of pyridine rings is 1. The number of carbonyl (C=O) groups is 2. The van der Waals surface area contributed by atoms with E-state index in [0.29, 0.717) is 32.4 Å². The standard InChI is InChI=1S/C29H24Cl2N2O5/c1-16-11-20-27(19-7-5-6-8-21(19)30)23(15-32-28(20)22(31)12-16)33-26(35)10-9-18-13-24(36-3)29(38-17(2)34)25(14-18)37-4/h5-15H,1-4H3,(H,33,35)/b10-9+. The van der Waals surface area contributed by atoms with Gasteiger partial charge in [0.15, 0.2) is 11.5 Å². The van der Waals surface area contributed by atoms with Gasteiger partial charge in [0, 0.05) is 34.5 Å². The molecule has 0 spiro atoms. The Morgan fingerprint density at radius 3 is 2.29 bits per heavy atom. The van der Waals surface area contributed by atoms with Gasteiger partial charge in [0.25, 0.3) is 0 Å². The fraction of sp³-hybridized carbons (Fsp3) is 0.138. The Morgan fingerprint density at radius 1 is 0.974 bits per heavy atom. The lowest BCUT2D eigenvalue weighted by Crippen LogP contribution is -2.10. The molecule has 0 saturated heterocycles. The van der Waals surface area contributed by atoms with E-state index in [1.54, 1.807) is 30.5 Å². The maximum atomic E-state index is 13.0. The van der Waals surface area contributed by atoms with E-state index in [1.165, 1.54) is 27.2 Å². The van der Waals surface area contributed by atoms with Gasteiger partial charge in [0.2, 0.25) is 11.7 Å². The Morgan fingerprint density at radius 2 is 1.66 bits per heavy atom. The number of amides is 1. The number of anilines is 1. The van der Waals surface area contributed by atoms with Gasteiger partial charge in [-0.3, -0.25) is 14.6 Å². The minimum atomic E-state index is -0.515. The molecule has 0 radical (unpaired) electrons. The second kappa shape index (κ2) is 11.5. The van der Waals surface area contributed by atoms with Crippen molar-refractivity contribution in [3.05, 3.63) is 82.0 Å². The summed E-state index contributed by atoms with van der Waals surface area (Å²) in [7, 11) is 2.89. The van der Waals surface area contributed by atoms with Gasteiger partial charge in [-0.2, -0.15) is 0 Å². The topological polar surface area (TPSA) is 86.8 Å². The van der Waals surface area contributed by atoms with Gasteiger partial charge in [-0.1, -0.05) is 41.4 Å². The van der Waals surface area contributed by atoms with Crippen LogP contribution in [-0.2, 0) is 9.59 Å². The third kappa shape index (κ3) is 5.74. The third-order valence-corrected chi connectivity index (χ3v) is 6.24. The molecule has 0 bridgehead atoms. The fourth-order valence-corrected chi connectivity index (χ4v) is 4.58. The SMILES string of the molecule is COc1cc(/C=C/C(=O)Nc2cnc3c(Cl)cc(C)cc3c2-c2ccccc2Cl)cc(OC)c1OC(C)=O. The van der Waals surface area contributed by atoms with Crippen LogP contribution in [0.4, 0.5) is 5.69 Å². The maximum absolute atomic E-state index is 13.0. The molecule has 1 amide bonds. The van der Waals surface area contributed by atoms with Crippen LogP contribution in [-0.4, -0.2) is 31.1 Å². The van der Waals surface area contributed by atoms with E-state index in [-0.39, 0.29) is 17.2 Å². The van der Waals surface area contributed by atoms with Gasteiger partial charge in [-0.25, -0.2) is 0 Å². The molecule has 7 nitrogen and oxygen atoms in total. The lowest BCUT2D eigenvalue weighted by Gasteiger charge is -2.16. The highest BCUT2D eigenvalue weighted by molar-refractivity contribution is 6.36.